The highest BCUT2D eigenvalue weighted by atomic mass is 35.5. The van der Waals surface area contributed by atoms with Gasteiger partial charge in [-0.15, -0.1) is 12.4 Å². The number of hydrogen-bond donors (Lipinski definition) is 2. The Morgan fingerprint density at radius 1 is 1.00 bits per heavy atom. The molecule has 2 N–H and O–H groups in total. The molecule has 4 heteroatoms. The maximum atomic E-state index is 12.5. The zero-order valence-corrected chi connectivity index (χ0v) is 15.6. The Morgan fingerprint density at radius 3 is 2.20 bits per heavy atom. The largest absolute Gasteiger partial charge is 0.345 e. The lowest BCUT2D eigenvalue weighted by molar-refractivity contribution is -0.122. The molecule has 134 valence electrons. The number of nitrogens with one attached hydrogen (secondary N) is 2. The van der Waals surface area contributed by atoms with Crippen LogP contribution in [0, 0.1) is 0 Å². The maximum Gasteiger partial charge on any atom is 0.234 e. The fraction of sp³-hybridized carbons (Fsp3) is 0.381. The van der Waals surface area contributed by atoms with Crippen LogP contribution in [0.15, 0.2) is 54.6 Å². The third-order valence-corrected chi connectivity index (χ3v) is 4.80. The average Bonchev–Trinajstić information content (AvgIpc) is 2.99. The van der Waals surface area contributed by atoms with Crippen LogP contribution in [0.3, 0.4) is 0 Å². The molecule has 0 aromatic heterocycles. The molecule has 0 saturated carbocycles. The van der Waals surface area contributed by atoms with Gasteiger partial charge >= 0.3 is 0 Å². The Balaban J connectivity index is 0.00000225. The van der Waals surface area contributed by atoms with Gasteiger partial charge in [-0.3, -0.25) is 4.79 Å². The number of amides is 1. The van der Waals surface area contributed by atoms with E-state index in [0.29, 0.717) is 6.54 Å². The monoisotopic (exact) mass is 358 g/mol. The summed E-state index contributed by atoms with van der Waals surface area (Å²) in [4.78, 5) is 12.5. The van der Waals surface area contributed by atoms with Crippen LogP contribution >= 0.6 is 12.4 Å². The lowest BCUT2D eigenvalue weighted by Gasteiger charge is -2.31. The molecule has 2 aromatic carbocycles. The Hall–Kier alpha value is -1.84. The molecule has 3 rings (SSSR count). The molecule has 1 amide bonds. The molecule has 0 aliphatic heterocycles. The first-order chi connectivity index (χ1) is 11.7. The quantitative estimate of drug-likeness (QED) is 0.742. The van der Waals surface area contributed by atoms with Crippen molar-refractivity contribution in [1.29, 1.82) is 0 Å². The van der Waals surface area contributed by atoms with E-state index >= 15 is 0 Å². The number of halogens is 1. The molecule has 0 saturated heterocycles. The summed E-state index contributed by atoms with van der Waals surface area (Å²) < 4.78 is 0. The van der Waals surface area contributed by atoms with Gasteiger partial charge in [-0.2, -0.15) is 0 Å². The smallest absolute Gasteiger partial charge is 0.234 e. The second kappa shape index (κ2) is 9.02. The number of unbranched alkanes of at least 4 members (excludes halogenated alkanes) is 1. The highest BCUT2D eigenvalue weighted by Crippen LogP contribution is 2.37. The van der Waals surface area contributed by atoms with Gasteiger partial charge in [-0.25, -0.2) is 0 Å². The van der Waals surface area contributed by atoms with Gasteiger partial charge in [0.2, 0.25) is 5.91 Å². The van der Waals surface area contributed by atoms with Crippen molar-refractivity contribution in [2.45, 2.75) is 38.1 Å². The molecule has 0 fully saturated rings. The summed E-state index contributed by atoms with van der Waals surface area (Å²) in [5.41, 5.74) is 3.53. The fourth-order valence-electron chi connectivity index (χ4n) is 3.55. The van der Waals surface area contributed by atoms with Crippen LogP contribution in [0.5, 0.6) is 0 Å². The van der Waals surface area contributed by atoms with Crippen LogP contribution in [-0.4, -0.2) is 19.0 Å². The van der Waals surface area contributed by atoms with E-state index in [1.54, 1.807) is 0 Å². The number of hydrogen-bond acceptors (Lipinski definition) is 2. The SMILES string of the molecule is CCCCNCC(=O)NC1(c2ccccc2)Cc2ccccc2C1.Cl. The summed E-state index contributed by atoms with van der Waals surface area (Å²) in [7, 11) is 0. The Labute approximate surface area is 156 Å². The topological polar surface area (TPSA) is 41.1 Å². The van der Waals surface area contributed by atoms with Crippen molar-refractivity contribution in [2.75, 3.05) is 13.1 Å². The minimum atomic E-state index is -0.325. The van der Waals surface area contributed by atoms with E-state index in [2.05, 4.69) is 54.0 Å². The zero-order chi connectivity index (χ0) is 16.8. The van der Waals surface area contributed by atoms with E-state index in [1.165, 1.54) is 16.7 Å². The van der Waals surface area contributed by atoms with Gasteiger partial charge in [0.25, 0.3) is 0 Å². The lowest BCUT2D eigenvalue weighted by atomic mass is 9.86. The lowest BCUT2D eigenvalue weighted by Crippen LogP contribution is -2.49. The van der Waals surface area contributed by atoms with Crippen LogP contribution in [0.2, 0.25) is 0 Å². The molecule has 1 aliphatic rings. The third kappa shape index (κ3) is 4.62. The third-order valence-electron chi connectivity index (χ3n) is 4.80. The Kier molecular flexibility index (Phi) is 7.03. The van der Waals surface area contributed by atoms with Gasteiger partial charge in [-0.05, 0) is 29.7 Å². The summed E-state index contributed by atoms with van der Waals surface area (Å²) in [5, 5.41) is 6.57. The summed E-state index contributed by atoms with van der Waals surface area (Å²) in [6.45, 7) is 3.43. The van der Waals surface area contributed by atoms with Crippen molar-refractivity contribution in [1.82, 2.24) is 10.6 Å². The van der Waals surface area contributed by atoms with Gasteiger partial charge in [0.15, 0.2) is 0 Å². The molecule has 0 radical (unpaired) electrons. The molecular weight excluding hydrogens is 332 g/mol. The van der Waals surface area contributed by atoms with Gasteiger partial charge in [-0.1, -0.05) is 67.9 Å². The van der Waals surface area contributed by atoms with Gasteiger partial charge in [0.1, 0.15) is 0 Å². The first-order valence-corrected chi connectivity index (χ1v) is 8.87. The molecule has 0 bridgehead atoms. The molecule has 0 spiro atoms. The van der Waals surface area contributed by atoms with Crippen molar-refractivity contribution in [3.05, 3.63) is 71.3 Å². The van der Waals surface area contributed by atoms with Crippen molar-refractivity contribution < 1.29 is 4.79 Å². The zero-order valence-electron chi connectivity index (χ0n) is 14.8. The minimum absolute atomic E-state index is 0. The van der Waals surface area contributed by atoms with E-state index in [9.17, 15) is 4.79 Å². The molecule has 25 heavy (non-hydrogen) atoms. The van der Waals surface area contributed by atoms with Crippen LogP contribution < -0.4 is 10.6 Å². The van der Waals surface area contributed by atoms with Crippen LogP contribution in [0.25, 0.3) is 0 Å². The van der Waals surface area contributed by atoms with E-state index in [-0.39, 0.29) is 23.9 Å². The summed E-state index contributed by atoms with van der Waals surface area (Å²) in [6, 6.07) is 18.9. The standard InChI is InChI=1S/C21H26N2O.ClH/c1-2-3-13-22-16-20(24)23-21(19-11-5-4-6-12-19)14-17-9-7-8-10-18(17)15-21;/h4-12,22H,2-3,13-16H2,1H3,(H,23,24);1H. The van der Waals surface area contributed by atoms with Gasteiger partial charge in [0.05, 0.1) is 12.1 Å². The number of rotatable bonds is 7. The second-order valence-corrected chi connectivity index (χ2v) is 6.65. The van der Waals surface area contributed by atoms with Gasteiger partial charge < -0.3 is 10.6 Å². The van der Waals surface area contributed by atoms with Crippen LogP contribution in [0.4, 0.5) is 0 Å². The minimum Gasteiger partial charge on any atom is -0.345 e. The molecule has 0 atom stereocenters. The maximum absolute atomic E-state index is 12.5. The molecule has 0 unspecified atom stereocenters. The van der Waals surface area contributed by atoms with E-state index in [0.717, 1.165) is 32.2 Å². The highest BCUT2D eigenvalue weighted by molar-refractivity contribution is 5.85. The Morgan fingerprint density at radius 2 is 1.60 bits per heavy atom. The number of carbonyl (C=O) groups is 1. The van der Waals surface area contributed by atoms with Crippen molar-refractivity contribution in [3.8, 4) is 0 Å². The average molecular weight is 359 g/mol. The Bertz CT molecular complexity index is 662. The molecule has 3 nitrogen and oxygen atoms in total. The van der Waals surface area contributed by atoms with E-state index in [1.807, 2.05) is 18.2 Å². The molecule has 2 aromatic rings. The summed E-state index contributed by atoms with van der Waals surface area (Å²) >= 11 is 0. The van der Waals surface area contributed by atoms with E-state index < -0.39 is 0 Å². The summed E-state index contributed by atoms with van der Waals surface area (Å²) in [5.74, 6) is 0.0720. The molecule has 1 aliphatic carbocycles. The predicted molar refractivity (Wildman–Crippen MR) is 105 cm³/mol. The number of fused-ring (bicyclic) bond motifs is 1. The van der Waals surface area contributed by atoms with Gasteiger partial charge in [0, 0.05) is 12.8 Å². The second-order valence-electron chi connectivity index (χ2n) is 6.65. The first kappa shape index (κ1) is 19.5. The van der Waals surface area contributed by atoms with Crippen LogP contribution in [0.1, 0.15) is 36.5 Å². The first-order valence-electron chi connectivity index (χ1n) is 8.87. The normalized spacial score (nSPS) is 14.4. The van der Waals surface area contributed by atoms with Crippen molar-refractivity contribution >= 4 is 18.3 Å². The predicted octanol–water partition coefficient (Wildman–Crippen LogP) is 3.61. The van der Waals surface area contributed by atoms with Crippen LogP contribution in [-0.2, 0) is 23.2 Å². The fourth-order valence-corrected chi connectivity index (χ4v) is 3.55. The highest BCUT2D eigenvalue weighted by Gasteiger charge is 2.39. The number of carbonyl (C=O) groups excluding carboxylic acids is 1. The van der Waals surface area contributed by atoms with E-state index in [4.69, 9.17) is 0 Å². The molecular formula is C21H27ClN2O. The molecule has 0 heterocycles. The number of benzene rings is 2. The van der Waals surface area contributed by atoms with Crippen molar-refractivity contribution in [2.24, 2.45) is 0 Å². The van der Waals surface area contributed by atoms with Crippen molar-refractivity contribution in [3.63, 3.8) is 0 Å². The summed E-state index contributed by atoms with van der Waals surface area (Å²) in [6.07, 6.45) is 3.95.